The highest BCUT2D eigenvalue weighted by Gasteiger charge is 2.22. The Morgan fingerprint density at radius 2 is 1.71 bits per heavy atom. The van der Waals surface area contributed by atoms with Gasteiger partial charge in [0.15, 0.2) is 0 Å². The van der Waals surface area contributed by atoms with Gasteiger partial charge in [-0.05, 0) is 49.6 Å². The molecule has 0 radical (unpaired) electrons. The normalized spacial score (nSPS) is 13.5. The van der Waals surface area contributed by atoms with Crippen molar-refractivity contribution in [3.05, 3.63) is 60.2 Å². The maximum Gasteiger partial charge on any atom is 0.119 e. The first-order valence-electron chi connectivity index (χ1n) is 7.22. The third kappa shape index (κ3) is 4.50. The average molecular weight is 285 g/mol. The van der Waals surface area contributed by atoms with Gasteiger partial charge in [0.2, 0.25) is 0 Å². The van der Waals surface area contributed by atoms with Gasteiger partial charge in [-0.1, -0.05) is 30.3 Å². The molecular formula is C18H23NO2. The third-order valence-corrected chi connectivity index (χ3v) is 3.69. The van der Waals surface area contributed by atoms with Crippen molar-refractivity contribution in [2.75, 3.05) is 19.0 Å². The molecule has 0 saturated carbocycles. The molecule has 0 bridgehead atoms. The molecule has 0 aliphatic carbocycles. The van der Waals surface area contributed by atoms with Gasteiger partial charge in [-0.25, -0.2) is 0 Å². The largest absolute Gasteiger partial charge is 0.497 e. The molecule has 2 aromatic carbocycles. The summed E-state index contributed by atoms with van der Waals surface area (Å²) in [6.07, 6.45) is 1.79. The van der Waals surface area contributed by atoms with Crippen LogP contribution in [0.2, 0.25) is 0 Å². The average Bonchev–Trinajstić information content (AvgIpc) is 2.55. The number of methoxy groups -OCH3 is 1. The van der Waals surface area contributed by atoms with Crippen LogP contribution in [-0.4, -0.2) is 24.4 Å². The van der Waals surface area contributed by atoms with Crippen molar-refractivity contribution in [3.8, 4) is 5.75 Å². The van der Waals surface area contributed by atoms with Crippen LogP contribution in [0.15, 0.2) is 54.6 Å². The van der Waals surface area contributed by atoms with Crippen molar-refractivity contribution in [2.24, 2.45) is 0 Å². The van der Waals surface area contributed by atoms with E-state index in [1.807, 2.05) is 49.4 Å². The van der Waals surface area contributed by atoms with Crippen molar-refractivity contribution in [2.45, 2.75) is 25.3 Å². The smallest absolute Gasteiger partial charge is 0.119 e. The second-order valence-electron chi connectivity index (χ2n) is 5.56. The maximum absolute atomic E-state index is 9.74. The van der Waals surface area contributed by atoms with Gasteiger partial charge in [0.05, 0.1) is 19.3 Å². The topological polar surface area (TPSA) is 41.5 Å². The van der Waals surface area contributed by atoms with Crippen molar-refractivity contribution in [1.29, 1.82) is 0 Å². The number of hydrogen-bond acceptors (Lipinski definition) is 3. The van der Waals surface area contributed by atoms with Crippen LogP contribution in [0.3, 0.4) is 0 Å². The molecule has 1 atom stereocenters. The van der Waals surface area contributed by atoms with Crippen LogP contribution in [0.25, 0.3) is 0 Å². The molecule has 1 unspecified atom stereocenters. The lowest BCUT2D eigenvalue weighted by molar-refractivity contribution is 0.215. The molecule has 112 valence electrons. The quantitative estimate of drug-likeness (QED) is 0.818. The number of aliphatic hydroxyl groups is 1. The molecule has 2 aromatic rings. The van der Waals surface area contributed by atoms with Crippen LogP contribution in [0, 0.1) is 0 Å². The Hall–Kier alpha value is -2.00. The maximum atomic E-state index is 9.74. The van der Waals surface area contributed by atoms with Gasteiger partial charge in [-0.15, -0.1) is 0 Å². The Morgan fingerprint density at radius 1 is 1.05 bits per heavy atom. The summed E-state index contributed by atoms with van der Waals surface area (Å²) in [5, 5.41) is 13.2. The Balaban J connectivity index is 1.99. The van der Waals surface area contributed by atoms with Crippen molar-refractivity contribution >= 4 is 5.69 Å². The van der Waals surface area contributed by atoms with Crippen LogP contribution < -0.4 is 10.1 Å². The molecule has 0 amide bonds. The molecule has 3 nitrogen and oxygen atoms in total. The van der Waals surface area contributed by atoms with Crippen LogP contribution in [0.4, 0.5) is 5.69 Å². The lowest BCUT2D eigenvalue weighted by Gasteiger charge is -2.30. The fourth-order valence-electron chi connectivity index (χ4n) is 2.27. The van der Waals surface area contributed by atoms with Gasteiger partial charge in [-0.2, -0.15) is 0 Å². The van der Waals surface area contributed by atoms with E-state index in [4.69, 9.17) is 4.74 Å². The third-order valence-electron chi connectivity index (χ3n) is 3.69. The summed E-state index contributed by atoms with van der Waals surface area (Å²) in [7, 11) is 1.65. The van der Waals surface area contributed by atoms with Gasteiger partial charge < -0.3 is 15.2 Å². The molecule has 0 fully saturated rings. The minimum Gasteiger partial charge on any atom is -0.497 e. The van der Waals surface area contributed by atoms with Crippen LogP contribution >= 0.6 is 0 Å². The number of rotatable bonds is 7. The predicted molar refractivity (Wildman–Crippen MR) is 86.9 cm³/mol. The standard InChI is InChI=1S/C18H23NO2/c1-18(14-20,13-12-15-6-4-3-5-7-15)19-16-8-10-17(21-2)11-9-16/h3-11,19-20H,12-14H2,1-2H3. The molecule has 3 heteroatoms. The summed E-state index contributed by atoms with van der Waals surface area (Å²) in [6, 6.07) is 18.1. The Kier molecular flexibility index (Phi) is 5.23. The number of aryl methyl sites for hydroxylation is 1. The van der Waals surface area contributed by atoms with E-state index in [2.05, 4.69) is 17.4 Å². The molecule has 0 aliphatic rings. The second kappa shape index (κ2) is 7.14. The first kappa shape index (κ1) is 15.4. The van der Waals surface area contributed by atoms with Crippen molar-refractivity contribution < 1.29 is 9.84 Å². The van der Waals surface area contributed by atoms with Gasteiger partial charge in [0, 0.05) is 5.69 Å². The highest BCUT2D eigenvalue weighted by Crippen LogP contribution is 2.22. The second-order valence-corrected chi connectivity index (χ2v) is 5.56. The van der Waals surface area contributed by atoms with Crippen LogP contribution in [0.5, 0.6) is 5.75 Å². The fraction of sp³-hybridized carbons (Fsp3) is 0.333. The lowest BCUT2D eigenvalue weighted by atomic mass is 9.93. The fourth-order valence-corrected chi connectivity index (χ4v) is 2.27. The molecule has 0 aliphatic heterocycles. The van der Waals surface area contributed by atoms with E-state index in [-0.39, 0.29) is 12.1 Å². The van der Waals surface area contributed by atoms with E-state index in [9.17, 15) is 5.11 Å². The first-order valence-corrected chi connectivity index (χ1v) is 7.22. The number of anilines is 1. The molecule has 0 aromatic heterocycles. The van der Waals surface area contributed by atoms with Crippen LogP contribution in [0.1, 0.15) is 18.9 Å². The summed E-state index contributed by atoms with van der Waals surface area (Å²) >= 11 is 0. The minimum absolute atomic E-state index is 0.0891. The minimum atomic E-state index is -0.343. The number of nitrogens with one attached hydrogen (secondary N) is 1. The zero-order valence-electron chi connectivity index (χ0n) is 12.7. The monoisotopic (exact) mass is 285 g/mol. The number of hydrogen-bond donors (Lipinski definition) is 2. The summed E-state index contributed by atoms with van der Waals surface area (Å²) in [5.74, 6) is 0.829. The van der Waals surface area contributed by atoms with E-state index < -0.39 is 0 Å². The van der Waals surface area contributed by atoms with E-state index in [1.54, 1.807) is 7.11 Å². The van der Waals surface area contributed by atoms with Gasteiger partial charge >= 0.3 is 0 Å². The SMILES string of the molecule is COc1ccc(NC(C)(CO)CCc2ccccc2)cc1. The molecule has 0 saturated heterocycles. The highest BCUT2D eigenvalue weighted by molar-refractivity contribution is 5.48. The summed E-state index contributed by atoms with van der Waals surface area (Å²) in [6.45, 7) is 2.13. The summed E-state index contributed by atoms with van der Waals surface area (Å²) < 4.78 is 5.15. The van der Waals surface area contributed by atoms with Gasteiger partial charge in [0.1, 0.15) is 5.75 Å². The van der Waals surface area contributed by atoms with E-state index >= 15 is 0 Å². The zero-order chi connectivity index (χ0) is 15.1. The summed E-state index contributed by atoms with van der Waals surface area (Å²) in [4.78, 5) is 0. The number of benzene rings is 2. The van der Waals surface area contributed by atoms with Gasteiger partial charge in [-0.3, -0.25) is 0 Å². The Morgan fingerprint density at radius 3 is 2.29 bits per heavy atom. The first-order chi connectivity index (χ1) is 10.1. The van der Waals surface area contributed by atoms with E-state index in [1.165, 1.54) is 5.56 Å². The van der Waals surface area contributed by atoms with Crippen LogP contribution in [-0.2, 0) is 6.42 Å². The Bertz CT molecular complexity index is 539. The van der Waals surface area contributed by atoms with E-state index in [0.29, 0.717) is 0 Å². The van der Waals surface area contributed by atoms with Crippen molar-refractivity contribution in [1.82, 2.24) is 0 Å². The summed E-state index contributed by atoms with van der Waals surface area (Å²) in [5.41, 5.74) is 1.93. The molecule has 2 rings (SSSR count). The molecule has 0 spiro atoms. The zero-order valence-corrected chi connectivity index (χ0v) is 12.7. The number of aliphatic hydroxyl groups excluding tert-OH is 1. The highest BCUT2D eigenvalue weighted by atomic mass is 16.5. The molecule has 21 heavy (non-hydrogen) atoms. The Labute approximate surface area is 126 Å². The predicted octanol–water partition coefficient (Wildman–Crippen LogP) is 3.49. The molecular weight excluding hydrogens is 262 g/mol. The number of ether oxygens (including phenoxy) is 1. The molecule has 2 N–H and O–H groups in total. The lowest BCUT2D eigenvalue weighted by Crippen LogP contribution is -2.39. The van der Waals surface area contributed by atoms with Gasteiger partial charge in [0.25, 0.3) is 0 Å². The molecule has 0 heterocycles. The van der Waals surface area contributed by atoms with Crippen molar-refractivity contribution in [3.63, 3.8) is 0 Å². The van der Waals surface area contributed by atoms with E-state index in [0.717, 1.165) is 24.3 Å².